The molecule has 0 saturated carbocycles. The molecular weight excluding hydrogens is 412 g/mol. The lowest BCUT2D eigenvalue weighted by Crippen LogP contribution is -2.34. The van der Waals surface area contributed by atoms with Gasteiger partial charge in [-0.3, -0.25) is 9.59 Å². The van der Waals surface area contributed by atoms with Crippen molar-refractivity contribution in [2.45, 2.75) is 11.4 Å². The summed E-state index contributed by atoms with van der Waals surface area (Å²) < 4.78 is 0. The van der Waals surface area contributed by atoms with E-state index in [0.29, 0.717) is 29.2 Å². The van der Waals surface area contributed by atoms with Crippen molar-refractivity contribution in [3.05, 3.63) is 83.9 Å². The third-order valence-corrected chi connectivity index (χ3v) is 5.82. The molecule has 4 amide bonds. The van der Waals surface area contributed by atoms with Crippen LogP contribution in [0.1, 0.15) is 15.9 Å². The number of urea groups is 1. The summed E-state index contributed by atoms with van der Waals surface area (Å²) in [6, 6.07) is 21.1. The Hall–Kier alpha value is -3.78. The first-order valence-corrected chi connectivity index (χ1v) is 10.6. The van der Waals surface area contributed by atoms with E-state index in [9.17, 15) is 14.4 Å². The van der Waals surface area contributed by atoms with Gasteiger partial charge in [0.2, 0.25) is 11.8 Å². The molecule has 0 saturated heterocycles. The predicted octanol–water partition coefficient (Wildman–Crippen LogP) is 4.07. The number of fused-ring (bicyclic) bond motifs is 1. The minimum atomic E-state index is -0.530. The van der Waals surface area contributed by atoms with Gasteiger partial charge in [0.25, 0.3) is 0 Å². The number of amides is 4. The van der Waals surface area contributed by atoms with Gasteiger partial charge in [0.15, 0.2) is 0 Å². The second-order valence-corrected chi connectivity index (χ2v) is 7.97. The fourth-order valence-corrected chi connectivity index (χ4v) is 4.15. The maximum absolute atomic E-state index is 12.6. The number of benzene rings is 3. The zero-order chi connectivity index (χ0) is 21.8. The van der Waals surface area contributed by atoms with E-state index in [2.05, 4.69) is 10.6 Å². The van der Waals surface area contributed by atoms with Crippen LogP contribution in [0.15, 0.2) is 77.7 Å². The third-order valence-electron chi connectivity index (χ3n) is 4.77. The molecule has 4 rings (SSSR count). The molecule has 0 aliphatic carbocycles. The maximum atomic E-state index is 12.6. The standard InChI is InChI=1S/C23H20N4O3S/c24-22(29)16-6-8-17(9-7-16)25-23(30)26-18-10-11-20-19(12-18)27(21(28)14-31-20)13-15-4-2-1-3-5-15/h1-12H,13-14H2,(H2,24,29)(H2,25,26,30). The highest BCUT2D eigenvalue weighted by Gasteiger charge is 2.25. The lowest BCUT2D eigenvalue weighted by atomic mass is 10.2. The number of thioether (sulfide) groups is 1. The van der Waals surface area contributed by atoms with Crippen molar-refractivity contribution >= 4 is 46.7 Å². The third kappa shape index (κ3) is 4.87. The van der Waals surface area contributed by atoms with Gasteiger partial charge < -0.3 is 21.3 Å². The largest absolute Gasteiger partial charge is 0.366 e. The van der Waals surface area contributed by atoms with Crippen LogP contribution in [0.25, 0.3) is 0 Å². The summed E-state index contributed by atoms with van der Waals surface area (Å²) in [6.07, 6.45) is 0. The van der Waals surface area contributed by atoms with Crippen molar-refractivity contribution in [1.82, 2.24) is 0 Å². The SMILES string of the molecule is NC(=O)c1ccc(NC(=O)Nc2ccc3c(c2)N(Cc2ccccc2)C(=O)CS3)cc1. The highest BCUT2D eigenvalue weighted by Crippen LogP contribution is 2.38. The molecule has 0 atom stereocenters. The van der Waals surface area contributed by atoms with Gasteiger partial charge in [-0.25, -0.2) is 4.79 Å². The van der Waals surface area contributed by atoms with Crippen LogP contribution < -0.4 is 21.3 Å². The Morgan fingerprint density at radius 1 is 0.935 bits per heavy atom. The maximum Gasteiger partial charge on any atom is 0.323 e. The van der Waals surface area contributed by atoms with Crippen LogP contribution in [0.3, 0.4) is 0 Å². The summed E-state index contributed by atoms with van der Waals surface area (Å²) >= 11 is 1.49. The van der Waals surface area contributed by atoms with Crippen LogP contribution in [-0.2, 0) is 11.3 Å². The van der Waals surface area contributed by atoms with Crippen LogP contribution in [0.5, 0.6) is 0 Å². The number of anilines is 3. The molecule has 3 aromatic rings. The Morgan fingerprint density at radius 2 is 1.61 bits per heavy atom. The predicted molar refractivity (Wildman–Crippen MR) is 122 cm³/mol. The Kier molecular flexibility index (Phi) is 5.90. The Balaban J connectivity index is 1.49. The van der Waals surface area contributed by atoms with Crippen molar-refractivity contribution in [1.29, 1.82) is 0 Å². The second kappa shape index (κ2) is 8.93. The summed E-state index contributed by atoms with van der Waals surface area (Å²) in [4.78, 5) is 38.9. The quantitative estimate of drug-likeness (QED) is 0.565. The van der Waals surface area contributed by atoms with Gasteiger partial charge >= 0.3 is 6.03 Å². The number of nitrogens with two attached hydrogens (primary N) is 1. The number of nitrogens with one attached hydrogen (secondary N) is 2. The molecule has 0 bridgehead atoms. The van der Waals surface area contributed by atoms with E-state index in [1.807, 2.05) is 36.4 Å². The first-order chi connectivity index (χ1) is 15.0. The molecule has 31 heavy (non-hydrogen) atoms. The number of primary amides is 1. The molecule has 1 heterocycles. The molecule has 0 radical (unpaired) electrons. The molecule has 3 aromatic carbocycles. The topological polar surface area (TPSA) is 105 Å². The Labute approximate surface area is 183 Å². The molecule has 0 aromatic heterocycles. The van der Waals surface area contributed by atoms with Gasteiger partial charge in [-0.05, 0) is 48.0 Å². The van der Waals surface area contributed by atoms with Crippen molar-refractivity contribution < 1.29 is 14.4 Å². The summed E-state index contributed by atoms with van der Waals surface area (Å²) in [5.41, 5.74) is 8.48. The lowest BCUT2D eigenvalue weighted by Gasteiger charge is -2.29. The lowest BCUT2D eigenvalue weighted by molar-refractivity contribution is -0.116. The summed E-state index contributed by atoms with van der Waals surface area (Å²) in [5.74, 6) is -0.121. The fraction of sp³-hybridized carbons (Fsp3) is 0.0870. The van der Waals surface area contributed by atoms with Gasteiger partial charge in [0.1, 0.15) is 0 Å². The van der Waals surface area contributed by atoms with E-state index in [1.54, 1.807) is 41.3 Å². The van der Waals surface area contributed by atoms with Crippen LogP contribution >= 0.6 is 11.8 Å². The molecule has 1 aliphatic heterocycles. The van der Waals surface area contributed by atoms with Crippen molar-refractivity contribution in [2.75, 3.05) is 21.3 Å². The van der Waals surface area contributed by atoms with Crippen molar-refractivity contribution in [3.63, 3.8) is 0 Å². The average Bonchev–Trinajstić information content (AvgIpc) is 2.77. The monoisotopic (exact) mass is 432 g/mol. The van der Waals surface area contributed by atoms with Crippen molar-refractivity contribution in [3.8, 4) is 0 Å². The molecule has 156 valence electrons. The van der Waals surface area contributed by atoms with E-state index in [0.717, 1.165) is 16.1 Å². The highest BCUT2D eigenvalue weighted by molar-refractivity contribution is 8.00. The van der Waals surface area contributed by atoms with E-state index < -0.39 is 11.9 Å². The Morgan fingerprint density at radius 3 is 2.32 bits per heavy atom. The second-order valence-electron chi connectivity index (χ2n) is 6.96. The minimum Gasteiger partial charge on any atom is -0.366 e. The average molecular weight is 433 g/mol. The van der Waals surface area contributed by atoms with Crippen LogP contribution in [-0.4, -0.2) is 23.6 Å². The minimum absolute atomic E-state index is 0.0255. The van der Waals surface area contributed by atoms with Gasteiger partial charge in [0, 0.05) is 21.8 Å². The van der Waals surface area contributed by atoms with Gasteiger partial charge in [0.05, 0.1) is 18.0 Å². The van der Waals surface area contributed by atoms with Crippen LogP contribution in [0.2, 0.25) is 0 Å². The number of rotatable bonds is 5. The fourth-order valence-electron chi connectivity index (χ4n) is 3.23. The molecule has 7 nitrogen and oxygen atoms in total. The molecule has 0 spiro atoms. The van der Waals surface area contributed by atoms with E-state index in [1.165, 1.54) is 11.8 Å². The number of hydrogen-bond donors (Lipinski definition) is 3. The summed E-state index contributed by atoms with van der Waals surface area (Å²) in [7, 11) is 0. The smallest absolute Gasteiger partial charge is 0.323 e. The zero-order valence-corrected chi connectivity index (χ0v) is 17.3. The molecule has 4 N–H and O–H groups in total. The molecule has 1 aliphatic rings. The molecule has 0 unspecified atom stereocenters. The van der Waals surface area contributed by atoms with Crippen LogP contribution in [0, 0.1) is 0 Å². The number of carbonyl (C=O) groups excluding carboxylic acids is 3. The number of nitrogens with zero attached hydrogens (tertiary/aromatic N) is 1. The Bertz CT molecular complexity index is 1130. The van der Waals surface area contributed by atoms with Crippen molar-refractivity contribution in [2.24, 2.45) is 5.73 Å². The van der Waals surface area contributed by atoms with Crippen LogP contribution in [0.4, 0.5) is 21.9 Å². The van der Waals surface area contributed by atoms with E-state index in [4.69, 9.17) is 5.73 Å². The zero-order valence-electron chi connectivity index (χ0n) is 16.5. The van der Waals surface area contributed by atoms with Gasteiger partial charge in [-0.2, -0.15) is 0 Å². The molecular formula is C23H20N4O3S. The molecule has 8 heteroatoms. The van der Waals surface area contributed by atoms with Gasteiger partial charge in [-0.15, -0.1) is 11.8 Å². The molecule has 0 fully saturated rings. The number of carbonyl (C=O) groups is 3. The highest BCUT2D eigenvalue weighted by atomic mass is 32.2. The van der Waals surface area contributed by atoms with Gasteiger partial charge in [-0.1, -0.05) is 30.3 Å². The summed E-state index contributed by atoms with van der Waals surface area (Å²) in [5, 5.41) is 5.50. The first kappa shape index (κ1) is 20.5. The normalized spacial score (nSPS) is 12.8. The van der Waals surface area contributed by atoms with E-state index >= 15 is 0 Å². The first-order valence-electron chi connectivity index (χ1n) is 9.58. The summed E-state index contributed by atoms with van der Waals surface area (Å²) in [6.45, 7) is 0.467. The van der Waals surface area contributed by atoms with E-state index in [-0.39, 0.29) is 5.91 Å². The number of hydrogen-bond acceptors (Lipinski definition) is 4.